The Hall–Kier alpha value is -2.61. The molecule has 0 aliphatic carbocycles. The molecule has 2 aromatic rings. The molecule has 26 heavy (non-hydrogen) atoms. The number of hydrogen-bond acceptors (Lipinski definition) is 5. The number of halogens is 1. The van der Waals surface area contributed by atoms with Gasteiger partial charge in [-0.3, -0.25) is 4.31 Å². The minimum absolute atomic E-state index is 0.0451. The topological polar surface area (TPSA) is 72.9 Å². The molecule has 0 radical (unpaired) electrons. The second-order valence-electron chi connectivity index (χ2n) is 5.24. The van der Waals surface area contributed by atoms with Crippen molar-refractivity contribution in [2.75, 3.05) is 24.6 Å². The second-order valence-corrected chi connectivity index (χ2v) is 7.10. The van der Waals surface area contributed by atoms with Gasteiger partial charge in [0.05, 0.1) is 29.9 Å². The van der Waals surface area contributed by atoms with Crippen LogP contribution in [0.3, 0.4) is 0 Å². The summed E-state index contributed by atoms with van der Waals surface area (Å²) in [7, 11) is -2.72. The molecule has 6 nitrogen and oxygen atoms in total. The molecule has 0 aliphatic heterocycles. The molecule has 0 unspecified atom stereocenters. The predicted octanol–water partition coefficient (Wildman–Crippen LogP) is 3.23. The summed E-state index contributed by atoms with van der Waals surface area (Å²) in [6.07, 6.45) is 0. The van der Waals surface area contributed by atoms with E-state index in [-0.39, 0.29) is 35.0 Å². The second kappa shape index (κ2) is 8.18. The smallest absolute Gasteiger partial charge is 0.338 e. The van der Waals surface area contributed by atoms with Gasteiger partial charge in [0.15, 0.2) is 11.6 Å². The lowest BCUT2D eigenvalue weighted by Crippen LogP contribution is -2.31. The fourth-order valence-electron chi connectivity index (χ4n) is 2.43. The van der Waals surface area contributed by atoms with E-state index in [9.17, 15) is 17.6 Å². The highest BCUT2D eigenvalue weighted by atomic mass is 32.2. The van der Waals surface area contributed by atoms with Crippen molar-refractivity contribution in [2.24, 2.45) is 0 Å². The van der Waals surface area contributed by atoms with E-state index < -0.39 is 21.8 Å². The zero-order valence-corrected chi connectivity index (χ0v) is 15.5. The first-order valence-corrected chi connectivity index (χ1v) is 9.42. The van der Waals surface area contributed by atoms with E-state index in [0.717, 1.165) is 10.4 Å². The summed E-state index contributed by atoms with van der Waals surface area (Å²) < 4.78 is 50.6. The Balaban J connectivity index is 2.45. The molecule has 8 heteroatoms. The van der Waals surface area contributed by atoms with Crippen LogP contribution >= 0.6 is 0 Å². The average Bonchev–Trinajstić information content (AvgIpc) is 2.62. The van der Waals surface area contributed by atoms with Crippen molar-refractivity contribution >= 4 is 21.7 Å². The van der Waals surface area contributed by atoms with Crippen molar-refractivity contribution in [1.82, 2.24) is 0 Å². The van der Waals surface area contributed by atoms with E-state index in [0.29, 0.717) is 0 Å². The van der Waals surface area contributed by atoms with Gasteiger partial charge in [0.1, 0.15) is 0 Å². The maximum absolute atomic E-state index is 13.9. The number of benzene rings is 2. The molecule has 0 N–H and O–H groups in total. The Morgan fingerprint density at radius 3 is 2.46 bits per heavy atom. The first kappa shape index (κ1) is 19.7. The predicted molar refractivity (Wildman–Crippen MR) is 95.6 cm³/mol. The highest BCUT2D eigenvalue weighted by Crippen LogP contribution is 2.27. The van der Waals surface area contributed by atoms with Gasteiger partial charge in [-0.05, 0) is 50.2 Å². The largest absolute Gasteiger partial charge is 0.494 e. The van der Waals surface area contributed by atoms with Crippen LogP contribution in [0.2, 0.25) is 0 Å². The minimum Gasteiger partial charge on any atom is -0.494 e. The number of sulfonamides is 1. The molecular formula is C18H20FNO5S. The van der Waals surface area contributed by atoms with Gasteiger partial charge >= 0.3 is 5.97 Å². The van der Waals surface area contributed by atoms with E-state index in [1.807, 2.05) is 0 Å². The fraction of sp³-hybridized carbons (Fsp3) is 0.278. The molecule has 2 aromatic carbocycles. The van der Waals surface area contributed by atoms with Crippen LogP contribution in [0.15, 0.2) is 47.4 Å². The highest BCUT2D eigenvalue weighted by molar-refractivity contribution is 7.92. The summed E-state index contributed by atoms with van der Waals surface area (Å²) in [5.41, 5.74) is 0.521. The molecule has 0 atom stereocenters. The standard InChI is InChI=1S/C18H20FNO5S/c1-4-20(14-8-6-7-13(11-14)18(21)25-5-2)26(22,23)15-9-10-17(24-3)16(19)12-15/h6-12H,4-5H2,1-3H3. The van der Waals surface area contributed by atoms with Gasteiger partial charge in [-0.15, -0.1) is 0 Å². The number of methoxy groups -OCH3 is 1. The van der Waals surface area contributed by atoms with Crippen molar-refractivity contribution in [3.05, 3.63) is 53.8 Å². The monoisotopic (exact) mass is 381 g/mol. The van der Waals surface area contributed by atoms with Gasteiger partial charge < -0.3 is 9.47 Å². The average molecular weight is 381 g/mol. The van der Waals surface area contributed by atoms with Crippen molar-refractivity contribution in [3.8, 4) is 5.75 Å². The summed E-state index contributed by atoms with van der Waals surface area (Å²) >= 11 is 0. The minimum atomic E-state index is -4.02. The van der Waals surface area contributed by atoms with Crippen LogP contribution < -0.4 is 9.04 Å². The molecule has 140 valence electrons. The van der Waals surface area contributed by atoms with Crippen LogP contribution in [0.1, 0.15) is 24.2 Å². The van der Waals surface area contributed by atoms with Gasteiger partial charge in [0.25, 0.3) is 10.0 Å². The van der Waals surface area contributed by atoms with Crippen LogP contribution in [0.25, 0.3) is 0 Å². The molecule has 0 amide bonds. The lowest BCUT2D eigenvalue weighted by molar-refractivity contribution is 0.0526. The molecule has 0 heterocycles. The number of ether oxygens (including phenoxy) is 2. The van der Waals surface area contributed by atoms with E-state index in [2.05, 4.69) is 0 Å². The molecular weight excluding hydrogens is 361 g/mol. The third-order valence-corrected chi connectivity index (χ3v) is 5.54. The molecule has 0 saturated heterocycles. The fourth-order valence-corrected chi connectivity index (χ4v) is 3.91. The molecule has 0 aliphatic rings. The molecule has 2 rings (SSSR count). The lowest BCUT2D eigenvalue weighted by Gasteiger charge is -2.23. The maximum Gasteiger partial charge on any atom is 0.338 e. The SMILES string of the molecule is CCOC(=O)c1cccc(N(CC)S(=O)(=O)c2ccc(OC)c(F)c2)c1. The molecule has 0 fully saturated rings. The summed E-state index contributed by atoms with van der Waals surface area (Å²) in [4.78, 5) is 11.7. The Morgan fingerprint density at radius 1 is 1.15 bits per heavy atom. The molecule has 0 aromatic heterocycles. The van der Waals surface area contributed by atoms with Crippen molar-refractivity contribution in [2.45, 2.75) is 18.7 Å². The quantitative estimate of drug-likeness (QED) is 0.689. The zero-order chi connectivity index (χ0) is 19.3. The Bertz CT molecular complexity index is 898. The Labute approximate surface area is 152 Å². The van der Waals surface area contributed by atoms with Crippen LogP contribution in [-0.2, 0) is 14.8 Å². The summed E-state index contributed by atoms with van der Waals surface area (Å²) in [5.74, 6) is -1.36. The van der Waals surface area contributed by atoms with E-state index >= 15 is 0 Å². The summed E-state index contributed by atoms with van der Waals surface area (Å²) in [5, 5.41) is 0. The number of nitrogens with zero attached hydrogens (tertiary/aromatic N) is 1. The van der Waals surface area contributed by atoms with Gasteiger partial charge in [-0.25, -0.2) is 17.6 Å². The third-order valence-electron chi connectivity index (χ3n) is 3.64. The highest BCUT2D eigenvalue weighted by Gasteiger charge is 2.25. The van der Waals surface area contributed by atoms with Gasteiger partial charge in [-0.2, -0.15) is 0 Å². The summed E-state index contributed by atoms with van der Waals surface area (Å²) in [6.45, 7) is 3.64. The van der Waals surface area contributed by atoms with Gasteiger partial charge in [0, 0.05) is 6.54 Å². The van der Waals surface area contributed by atoms with Crippen LogP contribution in [-0.4, -0.2) is 34.6 Å². The molecule has 0 spiro atoms. The maximum atomic E-state index is 13.9. The van der Waals surface area contributed by atoms with Crippen LogP contribution in [0, 0.1) is 5.82 Å². The van der Waals surface area contributed by atoms with Crippen LogP contribution in [0.4, 0.5) is 10.1 Å². The van der Waals surface area contributed by atoms with E-state index in [1.165, 1.54) is 31.4 Å². The normalized spacial score (nSPS) is 11.1. The van der Waals surface area contributed by atoms with Crippen molar-refractivity contribution in [1.29, 1.82) is 0 Å². The van der Waals surface area contributed by atoms with E-state index in [4.69, 9.17) is 9.47 Å². The third kappa shape index (κ3) is 3.96. The van der Waals surface area contributed by atoms with Gasteiger partial charge in [0.2, 0.25) is 0 Å². The van der Waals surface area contributed by atoms with Crippen molar-refractivity contribution in [3.63, 3.8) is 0 Å². The zero-order valence-electron chi connectivity index (χ0n) is 14.7. The number of anilines is 1. The number of carbonyl (C=O) groups excluding carboxylic acids is 1. The van der Waals surface area contributed by atoms with Crippen molar-refractivity contribution < 1.29 is 27.1 Å². The number of hydrogen-bond donors (Lipinski definition) is 0. The summed E-state index contributed by atoms with van der Waals surface area (Å²) in [6, 6.07) is 9.53. The number of rotatable bonds is 7. The molecule has 0 bridgehead atoms. The van der Waals surface area contributed by atoms with Gasteiger partial charge in [-0.1, -0.05) is 6.07 Å². The first-order chi connectivity index (χ1) is 12.3. The first-order valence-electron chi connectivity index (χ1n) is 7.98. The number of carbonyl (C=O) groups is 1. The molecule has 0 saturated carbocycles. The Morgan fingerprint density at radius 2 is 1.88 bits per heavy atom. The van der Waals surface area contributed by atoms with Crippen LogP contribution in [0.5, 0.6) is 5.75 Å². The lowest BCUT2D eigenvalue weighted by atomic mass is 10.2. The Kier molecular flexibility index (Phi) is 6.20. The van der Waals surface area contributed by atoms with E-state index in [1.54, 1.807) is 26.0 Å². The number of esters is 1.